The summed E-state index contributed by atoms with van der Waals surface area (Å²) in [6.07, 6.45) is 1.48. The lowest BCUT2D eigenvalue weighted by atomic mass is 10.2. The van der Waals surface area contributed by atoms with E-state index in [2.05, 4.69) is 42.4 Å². The third kappa shape index (κ3) is 3.62. The number of phenols is 1. The lowest BCUT2D eigenvalue weighted by molar-refractivity contribution is 0.0929. The Balaban J connectivity index is 1.75. The normalized spacial score (nSPS) is 11.2. The highest BCUT2D eigenvalue weighted by Crippen LogP contribution is 2.30. The minimum atomic E-state index is -0.445. The van der Waals surface area contributed by atoms with Crippen LogP contribution in [0.1, 0.15) is 16.1 Å². The Labute approximate surface area is 148 Å². The molecule has 1 amide bonds. The van der Waals surface area contributed by atoms with Gasteiger partial charge in [-0.1, -0.05) is 15.9 Å². The van der Waals surface area contributed by atoms with Gasteiger partial charge in [-0.05, 0) is 64.0 Å². The molecule has 1 heterocycles. The summed E-state index contributed by atoms with van der Waals surface area (Å²) in [4.78, 5) is 12.1. The molecular formula is C16H10Br2N2O3. The van der Waals surface area contributed by atoms with E-state index in [0.29, 0.717) is 5.58 Å². The lowest BCUT2D eigenvalue weighted by Gasteiger charge is -1.96. The Hall–Kier alpha value is -2.12. The molecule has 3 aromatic rings. The van der Waals surface area contributed by atoms with Crippen LogP contribution in [0.15, 0.2) is 60.9 Å². The highest BCUT2D eigenvalue weighted by atomic mass is 79.9. The molecule has 5 nitrogen and oxygen atoms in total. The molecule has 0 aliphatic heterocycles. The third-order valence-electron chi connectivity index (χ3n) is 3.03. The fraction of sp³-hybridized carbons (Fsp3) is 0. The second-order valence-corrected chi connectivity index (χ2v) is 6.48. The van der Waals surface area contributed by atoms with Crippen LogP contribution in [-0.2, 0) is 0 Å². The molecule has 0 radical (unpaired) electrons. The van der Waals surface area contributed by atoms with Crippen LogP contribution in [0.5, 0.6) is 5.75 Å². The van der Waals surface area contributed by atoms with Crippen molar-refractivity contribution in [3.05, 3.63) is 62.7 Å². The summed E-state index contributed by atoms with van der Waals surface area (Å²) in [7, 11) is 0. The van der Waals surface area contributed by atoms with E-state index in [1.165, 1.54) is 18.3 Å². The molecule has 2 aromatic carbocycles. The number of nitrogens with zero attached hydrogens (tertiary/aromatic N) is 1. The Morgan fingerprint density at radius 2 is 1.91 bits per heavy atom. The molecule has 0 saturated carbocycles. The van der Waals surface area contributed by atoms with Crippen molar-refractivity contribution in [1.29, 1.82) is 0 Å². The Morgan fingerprint density at radius 1 is 1.17 bits per heavy atom. The molecule has 0 spiro atoms. The van der Waals surface area contributed by atoms with Crippen LogP contribution in [0.4, 0.5) is 0 Å². The Morgan fingerprint density at radius 3 is 2.65 bits per heavy atom. The summed E-state index contributed by atoms with van der Waals surface area (Å²) in [5.74, 6) is -0.105. The van der Waals surface area contributed by atoms with Crippen LogP contribution in [0, 0.1) is 0 Å². The number of amides is 1. The number of aromatic hydroxyl groups is 1. The van der Waals surface area contributed by atoms with Crippen molar-refractivity contribution in [2.24, 2.45) is 5.10 Å². The van der Waals surface area contributed by atoms with Gasteiger partial charge in [0.2, 0.25) is 0 Å². The Kier molecular flexibility index (Phi) is 4.49. The van der Waals surface area contributed by atoms with Gasteiger partial charge in [-0.3, -0.25) is 4.79 Å². The highest BCUT2D eigenvalue weighted by Gasteiger charge is 2.14. The maximum atomic E-state index is 12.1. The molecule has 0 atom stereocenters. The van der Waals surface area contributed by atoms with Gasteiger partial charge in [0, 0.05) is 9.86 Å². The zero-order valence-corrected chi connectivity index (χ0v) is 14.8. The van der Waals surface area contributed by atoms with E-state index < -0.39 is 5.91 Å². The number of benzene rings is 2. The number of hydrogen-bond acceptors (Lipinski definition) is 4. The maximum absolute atomic E-state index is 12.1. The minimum absolute atomic E-state index is 0.168. The molecule has 7 heteroatoms. The second-order valence-electron chi connectivity index (χ2n) is 4.71. The van der Waals surface area contributed by atoms with E-state index in [1.807, 2.05) is 12.1 Å². The maximum Gasteiger partial charge on any atom is 0.307 e. The van der Waals surface area contributed by atoms with Gasteiger partial charge in [-0.15, -0.1) is 0 Å². The van der Waals surface area contributed by atoms with Crippen LogP contribution in [0.2, 0.25) is 0 Å². The molecule has 3 rings (SSSR count). The van der Waals surface area contributed by atoms with Crippen molar-refractivity contribution < 1.29 is 14.3 Å². The summed E-state index contributed by atoms with van der Waals surface area (Å²) in [6, 6.07) is 11.8. The van der Waals surface area contributed by atoms with Crippen molar-refractivity contribution in [2.45, 2.75) is 0 Å². The van der Waals surface area contributed by atoms with Gasteiger partial charge in [0.1, 0.15) is 11.3 Å². The van der Waals surface area contributed by atoms with Crippen LogP contribution in [0.25, 0.3) is 11.0 Å². The quantitative estimate of drug-likeness (QED) is 0.470. The Bertz CT molecular complexity index is 902. The number of hydrazone groups is 1. The number of carbonyl (C=O) groups excluding carboxylic acids is 1. The van der Waals surface area contributed by atoms with Gasteiger partial charge < -0.3 is 9.52 Å². The van der Waals surface area contributed by atoms with E-state index in [0.717, 1.165) is 19.9 Å². The smallest absolute Gasteiger partial charge is 0.307 e. The minimum Gasteiger partial charge on any atom is -0.508 e. The van der Waals surface area contributed by atoms with E-state index in [4.69, 9.17) is 4.42 Å². The number of carbonyl (C=O) groups is 1. The first-order chi connectivity index (χ1) is 11.0. The largest absolute Gasteiger partial charge is 0.508 e. The van der Waals surface area contributed by atoms with Crippen molar-refractivity contribution in [3.8, 4) is 5.75 Å². The van der Waals surface area contributed by atoms with Gasteiger partial charge in [0.05, 0.1) is 10.7 Å². The predicted octanol–water partition coefficient (Wildman–Crippen LogP) is 4.43. The highest BCUT2D eigenvalue weighted by molar-refractivity contribution is 9.11. The predicted molar refractivity (Wildman–Crippen MR) is 94.8 cm³/mol. The van der Waals surface area contributed by atoms with E-state index in [9.17, 15) is 9.90 Å². The summed E-state index contributed by atoms with van der Waals surface area (Å²) in [6.45, 7) is 0. The molecular weight excluding hydrogens is 428 g/mol. The van der Waals surface area contributed by atoms with Crippen molar-refractivity contribution in [2.75, 3.05) is 0 Å². The van der Waals surface area contributed by atoms with Crippen LogP contribution in [0.3, 0.4) is 0 Å². The molecule has 0 bridgehead atoms. The monoisotopic (exact) mass is 436 g/mol. The van der Waals surface area contributed by atoms with E-state index >= 15 is 0 Å². The molecule has 0 unspecified atom stereocenters. The van der Waals surface area contributed by atoms with E-state index in [-0.39, 0.29) is 11.5 Å². The first kappa shape index (κ1) is 15.8. The summed E-state index contributed by atoms with van der Waals surface area (Å²) < 4.78 is 7.19. The zero-order chi connectivity index (χ0) is 16.4. The number of fused-ring (bicyclic) bond motifs is 1. The number of furan rings is 1. The molecule has 2 N–H and O–H groups in total. The zero-order valence-electron chi connectivity index (χ0n) is 11.6. The summed E-state index contributed by atoms with van der Waals surface area (Å²) >= 11 is 6.78. The van der Waals surface area contributed by atoms with Crippen molar-refractivity contribution >= 4 is 55.0 Å². The summed E-state index contributed by atoms with van der Waals surface area (Å²) in [5.41, 5.74) is 3.75. The first-order valence-electron chi connectivity index (χ1n) is 6.54. The molecule has 23 heavy (non-hydrogen) atoms. The second kappa shape index (κ2) is 6.55. The summed E-state index contributed by atoms with van der Waals surface area (Å²) in [5, 5.41) is 13.9. The van der Waals surface area contributed by atoms with Crippen molar-refractivity contribution in [1.82, 2.24) is 5.43 Å². The number of rotatable bonds is 3. The number of nitrogens with one attached hydrogen (secondary N) is 1. The van der Waals surface area contributed by atoms with Crippen LogP contribution in [-0.4, -0.2) is 17.2 Å². The molecule has 0 fully saturated rings. The van der Waals surface area contributed by atoms with Crippen LogP contribution < -0.4 is 5.43 Å². The molecule has 1 aromatic heterocycles. The number of hydrogen-bond donors (Lipinski definition) is 2. The van der Waals surface area contributed by atoms with Gasteiger partial charge in [0.25, 0.3) is 0 Å². The van der Waals surface area contributed by atoms with E-state index in [1.54, 1.807) is 18.2 Å². The van der Waals surface area contributed by atoms with Gasteiger partial charge in [0.15, 0.2) is 5.76 Å². The average Bonchev–Trinajstić information content (AvgIpc) is 2.93. The molecule has 0 aliphatic carbocycles. The van der Waals surface area contributed by atoms with Gasteiger partial charge >= 0.3 is 5.91 Å². The lowest BCUT2D eigenvalue weighted by Crippen LogP contribution is -2.16. The van der Waals surface area contributed by atoms with Crippen molar-refractivity contribution in [3.63, 3.8) is 0 Å². The van der Waals surface area contributed by atoms with Gasteiger partial charge in [-0.2, -0.15) is 5.10 Å². The average molecular weight is 438 g/mol. The third-order valence-corrected chi connectivity index (χ3v) is 4.08. The number of halogens is 2. The molecule has 0 aliphatic rings. The van der Waals surface area contributed by atoms with Crippen LogP contribution >= 0.6 is 31.9 Å². The number of phenolic OH excluding ortho intramolecular Hbond substituents is 1. The fourth-order valence-electron chi connectivity index (χ4n) is 1.97. The molecule has 116 valence electrons. The van der Waals surface area contributed by atoms with Gasteiger partial charge in [-0.25, -0.2) is 5.43 Å². The fourth-order valence-corrected chi connectivity index (χ4v) is 3.31. The SMILES string of the molecule is O=C(N/N=C\c1ccc(O)cc1)c1cc2cc(Br)cc(Br)c2o1. The topological polar surface area (TPSA) is 74.8 Å². The first-order valence-corrected chi connectivity index (χ1v) is 8.12. The standard InChI is InChI=1S/C16H10Br2N2O3/c17-11-5-10-6-14(23-15(10)13(18)7-11)16(22)20-19-8-9-1-3-12(21)4-2-9/h1-8,21H,(H,20,22)/b19-8-. The molecule has 0 saturated heterocycles.